The van der Waals surface area contributed by atoms with Crippen molar-refractivity contribution in [2.45, 2.75) is 39.5 Å². The number of nitrogens with zero attached hydrogens (tertiary/aromatic N) is 4. The zero-order valence-electron chi connectivity index (χ0n) is 13.1. The minimum absolute atomic E-state index is 0.0553. The van der Waals surface area contributed by atoms with Gasteiger partial charge in [-0.1, -0.05) is 19.0 Å². The minimum atomic E-state index is 0.0553. The fourth-order valence-electron chi connectivity index (χ4n) is 2.66. The summed E-state index contributed by atoms with van der Waals surface area (Å²) in [5, 5.41) is 6.80. The topological polar surface area (TPSA) is 72.1 Å². The first-order chi connectivity index (χ1) is 10.5. The van der Waals surface area contributed by atoms with Crippen LogP contribution in [-0.2, 0) is 4.79 Å². The highest BCUT2D eigenvalue weighted by atomic mass is 32.1. The molecule has 6 nitrogen and oxygen atoms in total. The number of aromatic nitrogens is 3. The van der Waals surface area contributed by atoms with Crippen molar-refractivity contribution >= 4 is 17.2 Å². The van der Waals surface area contributed by atoms with Crippen molar-refractivity contribution in [3.63, 3.8) is 0 Å². The van der Waals surface area contributed by atoms with Crippen LogP contribution in [0, 0.1) is 12.8 Å². The van der Waals surface area contributed by atoms with Crippen molar-refractivity contribution in [2.75, 3.05) is 13.1 Å². The normalized spacial score (nSPS) is 16.5. The minimum Gasteiger partial charge on any atom is -0.342 e. The van der Waals surface area contributed by atoms with Crippen molar-refractivity contribution in [1.29, 1.82) is 0 Å². The lowest BCUT2D eigenvalue weighted by atomic mass is 9.96. The maximum atomic E-state index is 12.0. The number of rotatable bonds is 3. The maximum Gasteiger partial charge on any atom is 0.231 e. The van der Waals surface area contributed by atoms with Gasteiger partial charge >= 0.3 is 0 Å². The number of carbonyl (C=O) groups is 1. The van der Waals surface area contributed by atoms with Gasteiger partial charge in [0.1, 0.15) is 0 Å². The number of thiazole rings is 1. The number of hydrogen-bond donors (Lipinski definition) is 0. The molecule has 1 aliphatic heterocycles. The van der Waals surface area contributed by atoms with E-state index in [1.165, 1.54) is 11.3 Å². The Hall–Kier alpha value is -1.76. The van der Waals surface area contributed by atoms with Crippen LogP contribution in [0.1, 0.15) is 44.2 Å². The van der Waals surface area contributed by atoms with Gasteiger partial charge in [-0.25, -0.2) is 4.98 Å². The van der Waals surface area contributed by atoms with Crippen LogP contribution in [0.15, 0.2) is 9.90 Å². The third-order valence-electron chi connectivity index (χ3n) is 3.90. The number of likely N-dealkylation sites (tertiary alicyclic amines) is 1. The molecule has 2 aromatic rings. The van der Waals surface area contributed by atoms with Crippen molar-refractivity contribution in [1.82, 2.24) is 20.0 Å². The lowest BCUT2D eigenvalue weighted by molar-refractivity contribution is -0.135. The van der Waals surface area contributed by atoms with E-state index in [1.54, 1.807) is 0 Å². The Kier molecular flexibility index (Phi) is 4.24. The van der Waals surface area contributed by atoms with Gasteiger partial charge in [0, 0.05) is 36.0 Å². The molecule has 22 heavy (non-hydrogen) atoms. The highest BCUT2D eigenvalue weighted by Crippen LogP contribution is 2.29. The van der Waals surface area contributed by atoms with Crippen molar-refractivity contribution in [2.24, 2.45) is 5.92 Å². The molecule has 0 bridgehead atoms. The van der Waals surface area contributed by atoms with Gasteiger partial charge in [0.15, 0.2) is 5.01 Å². The molecule has 0 N–H and O–H groups in total. The number of carbonyl (C=O) groups excluding carboxylic acids is 1. The molecule has 0 unspecified atom stereocenters. The van der Waals surface area contributed by atoms with Crippen molar-refractivity contribution in [3.05, 3.63) is 17.0 Å². The number of piperidine rings is 1. The molecule has 118 valence electrons. The molecule has 0 saturated carbocycles. The summed E-state index contributed by atoms with van der Waals surface area (Å²) in [5.74, 6) is 1.74. The second-order valence-corrected chi connectivity index (χ2v) is 6.86. The average molecular weight is 320 g/mol. The van der Waals surface area contributed by atoms with Gasteiger partial charge in [-0.15, -0.1) is 11.3 Å². The highest BCUT2D eigenvalue weighted by molar-refractivity contribution is 7.13. The second kappa shape index (κ2) is 6.16. The van der Waals surface area contributed by atoms with Crippen LogP contribution in [0.4, 0.5) is 0 Å². The Balaban J connectivity index is 1.65. The quantitative estimate of drug-likeness (QED) is 0.869. The van der Waals surface area contributed by atoms with Gasteiger partial charge in [-0.05, 0) is 19.8 Å². The molecule has 1 amide bonds. The third kappa shape index (κ3) is 3.04. The fourth-order valence-corrected chi connectivity index (χ4v) is 3.38. The molecule has 1 fully saturated rings. The monoisotopic (exact) mass is 320 g/mol. The van der Waals surface area contributed by atoms with Crippen LogP contribution in [0.3, 0.4) is 0 Å². The molecule has 0 aromatic carbocycles. The van der Waals surface area contributed by atoms with E-state index in [1.807, 2.05) is 31.1 Å². The summed E-state index contributed by atoms with van der Waals surface area (Å²) < 4.78 is 5.41. The van der Waals surface area contributed by atoms with Gasteiger partial charge in [-0.3, -0.25) is 4.79 Å². The first kappa shape index (κ1) is 15.1. The van der Waals surface area contributed by atoms with Gasteiger partial charge < -0.3 is 9.42 Å². The predicted octanol–water partition coefficient (Wildman–Crippen LogP) is 2.86. The molecule has 0 aliphatic carbocycles. The molecule has 3 heterocycles. The third-order valence-corrected chi connectivity index (χ3v) is 4.86. The second-order valence-electron chi connectivity index (χ2n) is 6.00. The Morgan fingerprint density at radius 1 is 1.36 bits per heavy atom. The van der Waals surface area contributed by atoms with E-state index in [2.05, 4.69) is 15.1 Å². The Morgan fingerprint density at radius 2 is 2.09 bits per heavy atom. The Morgan fingerprint density at radius 3 is 2.68 bits per heavy atom. The van der Waals surface area contributed by atoms with Crippen LogP contribution in [-0.4, -0.2) is 39.0 Å². The van der Waals surface area contributed by atoms with Gasteiger partial charge in [0.05, 0.1) is 0 Å². The summed E-state index contributed by atoms with van der Waals surface area (Å²) in [6.45, 7) is 7.34. The number of amides is 1. The molecule has 2 aromatic heterocycles. The standard InChI is InChI=1S/C15H20N4O2S/c1-9(2)15(20)19-6-4-11(5-7-19)13-17-12(18-21-13)14-16-10(3)8-22-14/h8-9,11H,4-7H2,1-3H3. The predicted molar refractivity (Wildman–Crippen MR) is 83.5 cm³/mol. The molecule has 7 heteroatoms. The van der Waals surface area contributed by atoms with E-state index in [0.29, 0.717) is 11.7 Å². The van der Waals surface area contributed by atoms with Crippen LogP contribution < -0.4 is 0 Å². The molecule has 1 saturated heterocycles. The molecule has 3 rings (SSSR count). The van der Waals surface area contributed by atoms with Gasteiger partial charge in [0.25, 0.3) is 0 Å². The van der Waals surface area contributed by atoms with Gasteiger partial charge in [0.2, 0.25) is 17.6 Å². The lowest BCUT2D eigenvalue weighted by Gasteiger charge is -2.31. The van der Waals surface area contributed by atoms with Crippen LogP contribution >= 0.6 is 11.3 Å². The smallest absolute Gasteiger partial charge is 0.231 e. The van der Waals surface area contributed by atoms with Crippen LogP contribution in [0.2, 0.25) is 0 Å². The van der Waals surface area contributed by atoms with E-state index in [9.17, 15) is 4.79 Å². The van der Waals surface area contributed by atoms with E-state index in [4.69, 9.17) is 4.52 Å². The molecule has 0 radical (unpaired) electrons. The van der Waals surface area contributed by atoms with Crippen LogP contribution in [0.5, 0.6) is 0 Å². The summed E-state index contributed by atoms with van der Waals surface area (Å²) in [6.07, 6.45) is 1.74. The molecule has 0 atom stereocenters. The first-order valence-corrected chi connectivity index (χ1v) is 8.47. The Bertz CT molecular complexity index is 656. The van der Waals surface area contributed by atoms with Crippen LogP contribution in [0.25, 0.3) is 10.8 Å². The summed E-state index contributed by atoms with van der Waals surface area (Å²) >= 11 is 1.52. The van der Waals surface area contributed by atoms with E-state index >= 15 is 0 Å². The summed E-state index contributed by atoms with van der Waals surface area (Å²) in [7, 11) is 0. The van der Waals surface area contributed by atoms with Crippen molar-refractivity contribution < 1.29 is 9.32 Å². The molecule has 0 spiro atoms. The molecular weight excluding hydrogens is 300 g/mol. The zero-order valence-corrected chi connectivity index (χ0v) is 13.9. The number of hydrogen-bond acceptors (Lipinski definition) is 6. The summed E-state index contributed by atoms with van der Waals surface area (Å²) in [5.41, 5.74) is 0.965. The largest absolute Gasteiger partial charge is 0.342 e. The maximum absolute atomic E-state index is 12.0. The summed E-state index contributed by atoms with van der Waals surface area (Å²) in [4.78, 5) is 22.8. The SMILES string of the molecule is Cc1csc(-c2noc(C3CCN(C(=O)C(C)C)CC3)n2)n1. The molecule has 1 aliphatic rings. The highest BCUT2D eigenvalue weighted by Gasteiger charge is 2.28. The molecular formula is C15H20N4O2S. The fraction of sp³-hybridized carbons (Fsp3) is 0.600. The average Bonchev–Trinajstić information content (AvgIpc) is 3.15. The van der Waals surface area contributed by atoms with E-state index in [-0.39, 0.29) is 17.7 Å². The van der Waals surface area contributed by atoms with E-state index in [0.717, 1.165) is 36.6 Å². The lowest BCUT2D eigenvalue weighted by Crippen LogP contribution is -2.40. The zero-order chi connectivity index (χ0) is 15.7. The van der Waals surface area contributed by atoms with Crippen molar-refractivity contribution in [3.8, 4) is 10.8 Å². The van der Waals surface area contributed by atoms with Gasteiger partial charge in [-0.2, -0.15) is 4.98 Å². The number of aryl methyl sites for hydroxylation is 1. The van der Waals surface area contributed by atoms with E-state index < -0.39 is 0 Å². The first-order valence-electron chi connectivity index (χ1n) is 7.59. The summed E-state index contributed by atoms with van der Waals surface area (Å²) in [6, 6.07) is 0. The Labute approximate surface area is 133 Å².